The number of rotatable bonds is 79. The number of unbranched alkanes of at least 4 members (excludes halogenated alkanes) is 76. The number of nitrogens with one attached hydrogen (secondary N) is 2. The minimum Gasteiger partial charge on any atom is -0.464 e. The smallest absolute Gasteiger partial charge is 0.419 e. The van der Waals surface area contributed by atoms with Gasteiger partial charge < -0.3 is 5.11 Å². The van der Waals surface area contributed by atoms with Gasteiger partial charge in [-0.05, 0) is 6.42 Å². The molecule has 0 saturated carbocycles. The molecule has 4 heteroatoms. The molecule has 3 N–H and O–H groups in total. The average molecular weight is 1180 g/mol. The zero-order chi connectivity index (χ0) is 60.1. The van der Waals surface area contributed by atoms with Gasteiger partial charge in [-0.15, -0.1) is 0 Å². The molecular weight excluding hydrogens is 1020 g/mol. The van der Waals surface area contributed by atoms with Crippen LogP contribution in [0.2, 0.25) is 0 Å². The molecule has 1 amide bonds. The van der Waals surface area contributed by atoms with E-state index in [-0.39, 0.29) is 0 Å². The number of amides is 1. The van der Waals surface area contributed by atoms with Crippen molar-refractivity contribution in [2.45, 2.75) is 501 Å². The van der Waals surface area contributed by atoms with E-state index in [0.29, 0.717) is 0 Å². The van der Waals surface area contributed by atoms with Crippen LogP contribution >= 0.6 is 0 Å². The van der Waals surface area contributed by atoms with Gasteiger partial charge in [0.2, 0.25) is 0 Å². The Balaban J connectivity index is 3.08. The van der Waals surface area contributed by atoms with E-state index in [4.69, 9.17) is 5.11 Å². The number of carboxylic acid groups (broad SMARTS) is 1. The van der Waals surface area contributed by atoms with Crippen LogP contribution < -0.4 is 10.9 Å². The normalized spacial score (nSPS) is 11.7. The highest BCUT2D eigenvalue weighted by Crippen LogP contribution is 2.21. The number of hydrazine groups is 1. The van der Waals surface area contributed by atoms with Crippen molar-refractivity contribution in [3.63, 3.8) is 0 Å². The van der Waals surface area contributed by atoms with E-state index in [0.717, 1.165) is 13.0 Å². The molecule has 4 nitrogen and oxygen atoms in total. The maximum atomic E-state index is 10.4. The van der Waals surface area contributed by atoms with Crippen molar-refractivity contribution in [3.8, 4) is 0 Å². The van der Waals surface area contributed by atoms with Gasteiger partial charge in [0.15, 0.2) is 0 Å². The summed E-state index contributed by atoms with van der Waals surface area (Å²) in [4.78, 5) is 10.4. The molecule has 0 fully saturated rings. The Bertz CT molecular complexity index is 1130. The lowest BCUT2D eigenvalue weighted by atomic mass is 10.0. The van der Waals surface area contributed by atoms with Crippen LogP contribution in [0.4, 0.5) is 4.79 Å². The minimum absolute atomic E-state index is 0.728. The van der Waals surface area contributed by atoms with Crippen LogP contribution in [-0.2, 0) is 0 Å². The van der Waals surface area contributed by atoms with Gasteiger partial charge in [-0.2, -0.15) is 0 Å². The first-order valence-electron chi connectivity index (χ1n) is 40.5. The molecule has 0 aliphatic carbocycles. The molecule has 0 aliphatic rings. The standard InChI is InChI=1S/C80H162N2O2/c1-2-3-4-5-6-7-8-9-10-11-12-13-14-15-16-17-18-19-20-21-22-23-24-25-26-27-28-29-30-31-32-33-34-35-36-37-38-39-40-41-42-43-44-45-46-47-48-49-50-51-52-53-54-55-56-57-58-59-60-61-62-63-64-65-66-67-68-69-70-71-72-73-74-75-76-77-78-79-81-82-80(83)84/h81-82H,2-79H2,1H3,(H,83,84). The lowest BCUT2D eigenvalue weighted by Gasteiger charge is -2.05. The van der Waals surface area contributed by atoms with Gasteiger partial charge in [0.25, 0.3) is 0 Å². The Labute approximate surface area is 532 Å². The van der Waals surface area contributed by atoms with Crippen LogP contribution in [0.3, 0.4) is 0 Å². The fourth-order valence-electron chi connectivity index (χ4n) is 13.7. The first-order chi connectivity index (χ1) is 41.8. The van der Waals surface area contributed by atoms with Crippen molar-refractivity contribution in [2.24, 2.45) is 0 Å². The van der Waals surface area contributed by atoms with E-state index in [1.807, 2.05) is 0 Å². The molecule has 0 bridgehead atoms. The summed E-state index contributed by atoms with van der Waals surface area (Å²) < 4.78 is 0. The van der Waals surface area contributed by atoms with Crippen molar-refractivity contribution in [1.82, 2.24) is 10.9 Å². The zero-order valence-electron chi connectivity index (χ0n) is 58.5. The molecule has 0 atom stereocenters. The fourth-order valence-corrected chi connectivity index (χ4v) is 13.7. The molecule has 0 spiro atoms. The van der Waals surface area contributed by atoms with E-state index in [1.54, 1.807) is 0 Å². The Hall–Kier alpha value is -0.770. The molecule has 0 saturated heterocycles. The molecule has 0 unspecified atom stereocenters. The molecule has 0 rings (SSSR count). The predicted octanol–water partition coefficient (Wildman–Crippen LogP) is 29.8. The topological polar surface area (TPSA) is 61.4 Å². The first-order valence-corrected chi connectivity index (χ1v) is 40.5. The maximum absolute atomic E-state index is 10.4. The van der Waals surface area contributed by atoms with Crippen LogP contribution in [0.25, 0.3) is 0 Å². The summed E-state index contributed by atoms with van der Waals surface area (Å²) in [5.41, 5.74) is 4.93. The van der Waals surface area contributed by atoms with Crippen molar-refractivity contribution in [3.05, 3.63) is 0 Å². The Kier molecular flexibility index (Phi) is 79.5. The van der Waals surface area contributed by atoms with E-state index in [2.05, 4.69) is 17.8 Å². The average Bonchev–Trinajstić information content (AvgIpc) is 3.49. The third-order valence-corrected chi connectivity index (χ3v) is 19.6. The quantitative estimate of drug-likeness (QED) is 0.0420. The lowest BCUT2D eigenvalue weighted by molar-refractivity contribution is 0.189. The molecule has 0 radical (unpaired) electrons. The molecule has 0 heterocycles. The van der Waals surface area contributed by atoms with E-state index in [1.165, 1.54) is 488 Å². The van der Waals surface area contributed by atoms with Gasteiger partial charge in [0.1, 0.15) is 0 Å². The Morgan fingerprint density at radius 3 is 0.369 bits per heavy atom. The molecule has 0 aromatic heterocycles. The highest BCUT2D eigenvalue weighted by molar-refractivity contribution is 5.63. The SMILES string of the molecule is CCCCCCCCCCCCCCCCCCCCCCCCCCCCCCCCCCCCCCCCCCCCCCCCCCCCCCCCCCCCCCCCCCCCCCCCCCCCCCCNNC(=O)O. The molecule has 84 heavy (non-hydrogen) atoms. The van der Waals surface area contributed by atoms with Gasteiger partial charge in [0, 0.05) is 6.54 Å². The summed E-state index contributed by atoms with van der Waals surface area (Å²) in [6, 6.07) is 0. The summed E-state index contributed by atoms with van der Waals surface area (Å²) >= 11 is 0. The second-order valence-corrected chi connectivity index (χ2v) is 28.2. The molecule has 0 aliphatic heterocycles. The van der Waals surface area contributed by atoms with Crippen molar-refractivity contribution in [1.29, 1.82) is 0 Å². The predicted molar refractivity (Wildman–Crippen MR) is 380 cm³/mol. The van der Waals surface area contributed by atoms with Crippen LogP contribution in [0, 0.1) is 0 Å². The second-order valence-electron chi connectivity index (χ2n) is 28.2. The van der Waals surface area contributed by atoms with Crippen LogP contribution in [0.15, 0.2) is 0 Å². The van der Waals surface area contributed by atoms with E-state index < -0.39 is 6.09 Å². The second kappa shape index (κ2) is 80.2. The van der Waals surface area contributed by atoms with Crippen molar-refractivity contribution in [2.75, 3.05) is 6.54 Å². The monoisotopic (exact) mass is 1180 g/mol. The number of hydrogen-bond donors (Lipinski definition) is 3. The summed E-state index contributed by atoms with van der Waals surface area (Å²) in [6.07, 6.45) is 112. The highest BCUT2D eigenvalue weighted by atomic mass is 16.4. The van der Waals surface area contributed by atoms with Gasteiger partial charge in [-0.1, -0.05) is 495 Å². The molecule has 0 aromatic rings. The highest BCUT2D eigenvalue weighted by Gasteiger charge is 2.02. The Morgan fingerprint density at radius 2 is 0.274 bits per heavy atom. The van der Waals surface area contributed by atoms with Gasteiger partial charge in [-0.25, -0.2) is 10.2 Å². The van der Waals surface area contributed by atoms with E-state index in [9.17, 15) is 4.79 Å². The third kappa shape index (κ3) is 81.2. The summed E-state index contributed by atoms with van der Waals surface area (Å²) in [5, 5.41) is 8.52. The summed E-state index contributed by atoms with van der Waals surface area (Å²) in [7, 11) is 0. The van der Waals surface area contributed by atoms with Crippen LogP contribution in [0.1, 0.15) is 501 Å². The third-order valence-electron chi connectivity index (χ3n) is 19.6. The van der Waals surface area contributed by atoms with Crippen LogP contribution in [0.5, 0.6) is 0 Å². The molecule has 0 aromatic carbocycles. The van der Waals surface area contributed by atoms with Crippen molar-refractivity contribution >= 4 is 6.09 Å². The maximum Gasteiger partial charge on any atom is 0.419 e. The van der Waals surface area contributed by atoms with Gasteiger partial charge >= 0.3 is 6.09 Å². The number of hydrogen-bond acceptors (Lipinski definition) is 2. The zero-order valence-corrected chi connectivity index (χ0v) is 58.5. The first kappa shape index (κ1) is 83.2. The molecular formula is C80H162N2O2. The summed E-state index contributed by atoms with van der Waals surface area (Å²) in [6.45, 7) is 3.04. The largest absolute Gasteiger partial charge is 0.464 e. The van der Waals surface area contributed by atoms with E-state index >= 15 is 0 Å². The fraction of sp³-hybridized carbons (Fsp3) is 0.988. The van der Waals surface area contributed by atoms with Crippen molar-refractivity contribution < 1.29 is 9.90 Å². The molecule has 504 valence electrons. The minimum atomic E-state index is -1.01. The summed E-state index contributed by atoms with van der Waals surface area (Å²) in [5.74, 6) is 0. The van der Waals surface area contributed by atoms with Gasteiger partial charge in [0.05, 0.1) is 0 Å². The van der Waals surface area contributed by atoms with Gasteiger partial charge in [-0.3, -0.25) is 5.43 Å². The van der Waals surface area contributed by atoms with Crippen LogP contribution in [-0.4, -0.2) is 17.7 Å². The Morgan fingerprint density at radius 1 is 0.179 bits per heavy atom. The number of carbonyl (C=O) groups is 1. The lowest BCUT2D eigenvalue weighted by Crippen LogP contribution is -2.36.